The van der Waals surface area contributed by atoms with E-state index in [1.165, 1.54) is 18.4 Å². The molecule has 0 radical (unpaired) electrons. The Morgan fingerprint density at radius 2 is 2.32 bits per heavy atom. The highest BCUT2D eigenvalue weighted by molar-refractivity contribution is 7.09. The van der Waals surface area contributed by atoms with Gasteiger partial charge in [-0.1, -0.05) is 0 Å². The first kappa shape index (κ1) is 15.4. The zero-order valence-electron chi connectivity index (χ0n) is 10.8. The zero-order valence-corrected chi connectivity index (χ0v) is 11.6. The molecule has 2 amide bonds. The number of hydrogen-bond donors (Lipinski definition) is 3. The van der Waals surface area contributed by atoms with Crippen molar-refractivity contribution in [3.63, 3.8) is 0 Å². The van der Waals surface area contributed by atoms with Crippen molar-refractivity contribution < 1.29 is 19.4 Å². The number of aryl methyl sites for hydroxylation is 1. The molecular formula is C11H17N3O4S. The number of aliphatic carboxylic acids is 1. The highest BCUT2D eigenvalue weighted by Crippen LogP contribution is 2.07. The third kappa shape index (κ3) is 5.66. The number of nitrogens with zero attached hydrogens (tertiary/aromatic N) is 1. The number of methoxy groups -OCH3 is 1. The van der Waals surface area contributed by atoms with Crippen LogP contribution in [-0.4, -0.2) is 41.8 Å². The third-order valence-electron chi connectivity index (χ3n) is 2.28. The summed E-state index contributed by atoms with van der Waals surface area (Å²) in [6.45, 7) is 2.41. The second kappa shape index (κ2) is 7.70. The standard InChI is InChI=1S/C11H17N3O4S/c1-7-6-19-9(13-7)5-12-11(17)14-8(10(15)16)3-4-18-2/h6,8H,3-5H2,1-2H3,(H,15,16)(H2,12,14,17). The summed E-state index contributed by atoms with van der Waals surface area (Å²) < 4.78 is 4.79. The fraction of sp³-hybridized carbons (Fsp3) is 0.545. The number of nitrogens with one attached hydrogen (secondary N) is 2. The molecule has 19 heavy (non-hydrogen) atoms. The molecule has 1 heterocycles. The molecule has 3 N–H and O–H groups in total. The maximum atomic E-state index is 11.6. The van der Waals surface area contributed by atoms with Crippen molar-refractivity contribution in [3.8, 4) is 0 Å². The summed E-state index contributed by atoms with van der Waals surface area (Å²) in [5.41, 5.74) is 0.894. The Kier molecular flexibility index (Phi) is 6.23. The van der Waals surface area contributed by atoms with Crippen molar-refractivity contribution in [1.29, 1.82) is 0 Å². The normalized spacial score (nSPS) is 11.9. The highest BCUT2D eigenvalue weighted by atomic mass is 32.1. The van der Waals surface area contributed by atoms with Gasteiger partial charge < -0.3 is 20.5 Å². The Hall–Kier alpha value is -1.67. The Morgan fingerprint density at radius 1 is 1.58 bits per heavy atom. The van der Waals surface area contributed by atoms with E-state index in [0.29, 0.717) is 0 Å². The van der Waals surface area contributed by atoms with Gasteiger partial charge in [0.25, 0.3) is 0 Å². The lowest BCUT2D eigenvalue weighted by Gasteiger charge is -2.14. The van der Waals surface area contributed by atoms with E-state index >= 15 is 0 Å². The molecule has 0 bridgehead atoms. The first-order valence-corrected chi connectivity index (χ1v) is 6.58. The first-order valence-electron chi connectivity index (χ1n) is 5.70. The van der Waals surface area contributed by atoms with Crippen molar-refractivity contribution in [1.82, 2.24) is 15.6 Å². The van der Waals surface area contributed by atoms with Crippen LogP contribution >= 0.6 is 11.3 Å². The van der Waals surface area contributed by atoms with Crippen LogP contribution in [0.15, 0.2) is 5.38 Å². The van der Waals surface area contributed by atoms with Crippen LogP contribution in [0.5, 0.6) is 0 Å². The van der Waals surface area contributed by atoms with Crippen molar-refractivity contribution in [2.75, 3.05) is 13.7 Å². The summed E-state index contributed by atoms with van der Waals surface area (Å²) in [6.07, 6.45) is 0.218. The minimum absolute atomic E-state index is 0.218. The number of carboxylic acids is 1. The lowest BCUT2D eigenvalue weighted by Crippen LogP contribution is -2.46. The van der Waals surface area contributed by atoms with Gasteiger partial charge in [-0.2, -0.15) is 0 Å². The number of ether oxygens (including phenoxy) is 1. The molecule has 0 saturated carbocycles. The van der Waals surface area contributed by atoms with Crippen LogP contribution in [0, 0.1) is 6.92 Å². The van der Waals surface area contributed by atoms with E-state index in [0.717, 1.165) is 10.7 Å². The number of amides is 2. The topological polar surface area (TPSA) is 101 Å². The van der Waals surface area contributed by atoms with E-state index in [-0.39, 0.29) is 19.6 Å². The van der Waals surface area contributed by atoms with Crippen LogP contribution in [0.1, 0.15) is 17.1 Å². The number of hydrogen-bond acceptors (Lipinski definition) is 5. The smallest absolute Gasteiger partial charge is 0.326 e. The van der Waals surface area contributed by atoms with Gasteiger partial charge in [0.2, 0.25) is 0 Å². The largest absolute Gasteiger partial charge is 0.480 e. The number of carboxylic acid groups (broad SMARTS) is 1. The Labute approximate surface area is 115 Å². The van der Waals surface area contributed by atoms with E-state index < -0.39 is 18.0 Å². The third-order valence-corrected chi connectivity index (χ3v) is 3.25. The number of thiazole rings is 1. The maximum Gasteiger partial charge on any atom is 0.326 e. The Balaban J connectivity index is 2.37. The molecule has 0 aliphatic heterocycles. The van der Waals surface area contributed by atoms with Gasteiger partial charge in [-0.05, 0) is 6.92 Å². The van der Waals surface area contributed by atoms with E-state index in [2.05, 4.69) is 15.6 Å². The molecule has 1 atom stereocenters. The first-order chi connectivity index (χ1) is 9.02. The molecule has 1 aromatic rings. The van der Waals surface area contributed by atoms with Crippen LogP contribution in [0.4, 0.5) is 4.79 Å². The molecule has 7 nitrogen and oxygen atoms in total. The Morgan fingerprint density at radius 3 is 2.84 bits per heavy atom. The summed E-state index contributed by atoms with van der Waals surface area (Å²) in [6, 6.07) is -1.49. The molecular weight excluding hydrogens is 270 g/mol. The van der Waals surface area contributed by atoms with Gasteiger partial charge in [-0.15, -0.1) is 11.3 Å². The zero-order chi connectivity index (χ0) is 14.3. The molecule has 0 fully saturated rings. The summed E-state index contributed by atoms with van der Waals surface area (Å²) in [4.78, 5) is 26.6. The second-order valence-corrected chi connectivity index (χ2v) is 4.82. The van der Waals surface area contributed by atoms with Crippen LogP contribution in [0.3, 0.4) is 0 Å². The summed E-state index contributed by atoms with van der Waals surface area (Å²) in [5.74, 6) is -1.09. The molecule has 0 aliphatic rings. The molecule has 0 aliphatic carbocycles. The molecule has 1 rings (SSSR count). The van der Waals surface area contributed by atoms with Crippen LogP contribution in [0.25, 0.3) is 0 Å². The fourth-order valence-electron chi connectivity index (χ4n) is 1.34. The van der Waals surface area contributed by atoms with Crippen molar-refractivity contribution in [3.05, 3.63) is 16.1 Å². The van der Waals surface area contributed by atoms with Gasteiger partial charge >= 0.3 is 12.0 Å². The fourth-order valence-corrected chi connectivity index (χ4v) is 2.05. The van der Waals surface area contributed by atoms with Crippen molar-refractivity contribution >= 4 is 23.3 Å². The molecule has 0 saturated heterocycles. The van der Waals surface area contributed by atoms with Gasteiger partial charge in [-0.3, -0.25) is 0 Å². The number of carbonyl (C=O) groups is 2. The average Bonchev–Trinajstić information content (AvgIpc) is 2.77. The maximum absolute atomic E-state index is 11.6. The molecule has 0 spiro atoms. The molecule has 1 unspecified atom stereocenters. The predicted octanol–water partition coefficient (Wildman–Crippen LogP) is 0.740. The Bertz CT molecular complexity index is 435. The van der Waals surface area contributed by atoms with E-state index in [9.17, 15) is 9.59 Å². The second-order valence-electron chi connectivity index (χ2n) is 3.88. The van der Waals surface area contributed by atoms with E-state index in [1.54, 1.807) is 0 Å². The van der Waals surface area contributed by atoms with Gasteiger partial charge in [0, 0.05) is 31.2 Å². The van der Waals surface area contributed by atoms with Gasteiger partial charge in [0.1, 0.15) is 11.0 Å². The lowest BCUT2D eigenvalue weighted by atomic mass is 10.2. The van der Waals surface area contributed by atoms with Gasteiger partial charge in [-0.25, -0.2) is 14.6 Å². The van der Waals surface area contributed by atoms with Crippen LogP contribution < -0.4 is 10.6 Å². The van der Waals surface area contributed by atoms with E-state index in [1.807, 2.05) is 12.3 Å². The number of rotatable bonds is 7. The minimum atomic E-state index is -1.09. The van der Waals surface area contributed by atoms with Crippen LogP contribution in [0.2, 0.25) is 0 Å². The van der Waals surface area contributed by atoms with Crippen molar-refractivity contribution in [2.45, 2.75) is 25.9 Å². The minimum Gasteiger partial charge on any atom is -0.480 e. The number of carbonyl (C=O) groups excluding carboxylic acids is 1. The molecule has 106 valence electrons. The predicted molar refractivity (Wildman–Crippen MR) is 70.1 cm³/mol. The summed E-state index contributed by atoms with van der Waals surface area (Å²) in [5, 5.41) is 16.5. The summed E-state index contributed by atoms with van der Waals surface area (Å²) in [7, 11) is 1.48. The molecule has 0 aromatic carbocycles. The van der Waals surface area contributed by atoms with E-state index in [4.69, 9.17) is 9.84 Å². The lowest BCUT2D eigenvalue weighted by molar-refractivity contribution is -0.139. The SMILES string of the molecule is COCCC(NC(=O)NCc1nc(C)cs1)C(=O)O. The van der Waals surface area contributed by atoms with Crippen LogP contribution in [-0.2, 0) is 16.1 Å². The highest BCUT2D eigenvalue weighted by Gasteiger charge is 2.19. The van der Waals surface area contributed by atoms with Gasteiger partial charge in [0.05, 0.1) is 6.54 Å². The summed E-state index contributed by atoms with van der Waals surface area (Å²) >= 11 is 1.44. The van der Waals surface area contributed by atoms with Gasteiger partial charge in [0.15, 0.2) is 0 Å². The molecule has 8 heteroatoms. The van der Waals surface area contributed by atoms with Crippen molar-refractivity contribution in [2.24, 2.45) is 0 Å². The quantitative estimate of drug-likeness (QED) is 0.686. The number of aromatic nitrogens is 1. The number of urea groups is 1. The monoisotopic (exact) mass is 287 g/mol. The average molecular weight is 287 g/mol. The molecule has 1 aromatic heterocycles.